The molecule has 1 aromatic carbocycles. The third-order valence-corrected chi connectivity index (χ3v) is 3.86. The molecule has 0 fully saturated rings. The second-order valence-corrected chi connectivity index (χ2v) is 6.09. The Kier molecular flexibility index (Phi) is 5.14. The maximum atomic E-state index is 13.0. The molecule has 0 aliphatic rings. The molecule has 3 aromatic rings. The molecule has 1 N–H and O–H groups in total. The minimum absolute atomic E-state index is 0.00860. The van der Waals surface area contributed by atoms with E-state index >= 15 is 0 Å². The molecule has 0 atom stereocenters. The quantitative estimate of drug-likeness (QED) is 0.502. The highest BCUT2D eigenvalue weighted by molar-refractivity contribution is 6.19. The third kappa shape index (κ3) is 4.50. The van der Waals surface area contributed by atoms with Gasteiger partial charge in [-0.1, -0.05) is 0 Å². The van der Waals surface area contributed by atoms with Gasteiger partial charge in [0.15, 0.2) is 5.82 Å². The third-order valence-electron chi connectivity index (χ3n) is 3.86. The molecule has 0 saturated carbocycles. The molecule has 0 unspecified atom stereocenters. The Bertz CT molecular complexity index is 1090. The fraction of sp³-hybridized carbons (Fsp3) is 0.176. The smallest absolute Gasteiger partial charge is 0.416 e. The van der Waals surface area contributed by atoms with E-state index in [0.717, 1.165) is 17.2 Å². The zero-order valence-corrected chi connectivity index (χ0v) is 14.9. The van der Waals surface area contributed by atoms with Gasteiger partial charge in [-0.05, 0) is 18.2 Å². The van der Waals surface area contributed by atoms with Crippen molar-refractivity contribution >= 4 is 17.7 Å². The van der Waals surface area contributed by atoms with Gasteiger partial charge in [0.25, 0.3) is 0 Å². The molecule has 0 amide bonds. The Morgan fingerprint density at radius 1 is 1.07 bits per heavy atom. The van der Waals surface area contributed by atoms with Crippen LogP contribution in [0.3, 0.4) is 0 Å². The number of aromatic nitrogens is 5. The Labute approximate surface area is 163 Å². The maximum absolute atomic E-state index is 13.0. The van der Waals surface area contributed by atoms with E-state index in [9.17, 15) is 36.2 Å². The van der Waals surface area contributed by atoms with Crippen molar-refractivity contribution in [3.63, 3.8) is 0 Å². The molecule has 0 saturated heterocycles. The molecule has 0 spiro atoms. The van der Waals surface area contributed by atoms with Gasteiger partial charge >= 0.3 is 18.3 Å². The molecule has 30 heavy (non-hydrogen) atoms. The van der Waals surface area contributed by atoms with Crippen LogP contribution in [-0.2, 0) is 24.2 Å². The predicted molar refractivity (Wildman–Crippen MR) is 90.5 cm³/mol. The Hall–Kier alpha value is -3.64. The number of aryl methyl sites for hydroxylation is 1. The number of rotatable bonds is 4. The summed E-state index contributed by atoms with van der Waals surface area (Å²) in [4.78, 5) is 15.2. The number of carboxylic acids is 1. The molecule has 0 aliphatic heterocycles. The monoisotopic (exact) mass is 431 g/mol. The fourth-order valence-corrected chi connectivity index (χ4v) is 2.50. The number of hydrogen-bond acceptors (Lipinski definition) is 4. The molecule has 7 nitrogen and oxygen atoms in total. The summed E-state index contributed by atoms with van der Waals surface area (Å²) in [6.45, 7) is 0. The van der Waals surface area contributed by atoms with Crippen LogP contribution in [0.2, 0.25) is 0 Å². The van der Waals surface area contributed by atoms with Crippen LogP contribution in [0.15, 0.2) is 36.9 Å². The summed E-state index contributed by atoms with van der Waals surface area (Å²) in [6, 6.07) is 0.959. The Morgan fingerprint density at radius 3 is 2.13 bits per heavy atom. The van der Waals surface area contributed by atoms with Crippen LogP contribution in [-0.4, -0.2) is 35.6 Å². The summed E-state index contributed by atoms with van der Waals surface area (Å²) in [5.41, 5.74) is -3.61. The summed E-state index contributed by atoms with van der Waals surface area (Å²) in [6.07, 6.45) is -5.40. The van der Waals surface area contributed by atoms with Gasteiger partial charge in [-0.15, -0.1) is 5.10 Å². The van der Waals surface area contributed by atoms with Crippen molar-refractivity contribution in [1.82, 2.24) is 24.5 Å². The molecule has 158 valence electrons. The van der Waals surface area contributed by atoms with Crippen molar-refractivity contribution < 1.29 is 36.2 Å². The highest BCUT2D eigenvalue weighted by Gasteiger charge is 2.37. The van der Waals surface area contributed by atoms with E-state index in [1.165, 1.54) is 17.1 Å². The van der Waals surface area contributed by atoms with E-state index in [0.29, 0.717) is 12.1 Å². The molecule has 0 bridgehead atoms. The number of nitrogens with zero attached hydrogens (tertiary/aromatic N) is 5. The number of aliphatic carboxylic acids is 1. The summed E-state index contributed by atoms with van der Waals surface area (Å²) in [5.74, 6) is -1.79. The van der Waals surface area contributed by atoms with Gasteiger partial charge in [-0.25, -0.2) is 14.5 Å². The number of benzene rings is 1. The lowest BCUT2D eigenvalue weighted by molar-refractivity contribution is -0.143. The maximum Gasteiger partial charge on any atom is 0.416 e. The van der Waals surface area contributed by atoms with Crippen LogP contribution in [0.25, 0.3) is 23.2 Å². The van der Waals surface area contributed by atoms with Crippen LogP contribution in [0.4, 0.5) is 26.3 Å². The first kappa shape index (κ1) is 21.1. The van der Waals surface area contributed by atoms with Gasteiger partial charge in [0.1, 0.15) is 6.33 Å². The van der Waals surface area contributed by atoms with Gasteiger partial charge in [0.05, 0.1) is 22.9 Å². The van der Waals surface area contributed by atoms with E-state index < -0.39 is 40.8 Å². The number of alkyl halides is 6. The number of carboxylic acid groups (broad SMARTS) is 1. The molecule has 2 aromatic heterocycles. The average Bonchev–Trinajstić information content (AvgIpc) is 3.26. The Balaban J connectivity index is 2.06. The topological polar surface area (TPSA) is 85.8 Å². The molecule has 2 heterocycles. The lowest BCUT2D eigenvalue weighted by atomic mass is 10.0. The number of carbonyl (C=O) groups is 1. The molecule has 0 radical (unpaired) electrons. The first-order chi connectivity index (χ1) is 13.8. The second kappa shape index (κ2) is 7.31. The summed E-state index contributed by atoms with van der Waals surface area (Å²) >= 11 is 0. The van der Waals surface area contributed by atoms with Crippen LogP contribution in [0, 0.1) is 0 Å². The van der Waals surface area contributed by atoms with E-state index in [1.807, 2.05) is 0 Å². The molecule has 3 rings (SSSR count). The fourth-order valence-electron chi connectivity index (χ4n) is 2.50. The predicted octanol–water partition coefficient (Wildman–Crippen LogP) is 3.80. The highest BCUT2D eigenvalue weighted by Crippen LogP contribution is 2.38. The van der Waals surface area contributed by atoms with E-state index in [4.69, 9.17) is 0 Å². The minimum atomic E-state index is -5.02. The van der Waals surface area contributed by atoms with E-state index in [2.05, 4.69) is 15.2 Å². The molecule has 0 aliphatic carbocycles. The Morgan fingerprint density at radius 2 is 1.67 bits per heavy atom. The van der Waals surface area contributed by atoms with Crippen LogP contribution in [0.1, 0.15) is 16.7 Å². The van der Waals surface area contributed by atoms with Gasteiger partial charge < -0.3 is 5.11 Å². The zero-order valence-electron chi connectivity index (χ0n) is 14.9. The zero-order chi connectivity index (χ0) is 22.3. The van der Waals surface area contributed by atoms with E-state index in [-0.39, 0.29) is 17.2 Å². The van der Waals surface area contributed by atoms with Gasteiger partial charge in [0, 0.05) is 30.6 Å². The van der Waals surface area contributed by atoms with Crippen molar-refractivity contribution in [2.45, 2.75) is 12.4 Å². The summed E-state index contributed by atoms with van der Waals surface area (Å²) in [5, 5.41) is 17.0. The molecule has 13 heteroatoms. The summed E-state index contributed by atoms with van der Waals surface area (Å²) < 4.78 is 80.3. The average molecular weight is 431 g/mol. The number of halogens is 6. The van der Waals surface area contributed by atoms with Gasteiger partial charge in [-0.3, -0.25) is 4.68 Å². The minimum Gasteiger partial charge on any atom is -0.478 e. The van der Waals surface area contributed by atoms with Crippen molar-refractivity contribution in [3.05, 3.63) is 53.6 Å². The second-order valence-electron chi connectivity index (χ2n) is 6.09. The van der Waals surface area contributed by atoms with Crippen molar-refractivity contribution in [3.8, 4) is 11.4 Å². The van der Waals surface area contributed by atoms with Crippen molar-refractivity contribution in [2.75, 3.05) is 0 Å². The van der Waals surface area contributed by atoms with Gasteiger partial charge in [0.2, 0.25) is 0 Å². The van der Waals surface area contributed by atoms with Gasteiger partial charge in [-0.2, -0.15) is 31.4 Å². The first-order valence-corrected chi connectivity index (χ1v) is 8.00. The van der Waals surface area contributed by atoms with Crippen LogP contribution in [0.5, 0.6) is 0 Å². The SMILES string of the molecule is Cn1cc(/C(=C\n2cnc(-c3cc(C(F)(F)F)cc(C(F)(F)F)c3)n2)C(=O)O)cn1. The standard InChI is InChI=1S/C17H11F6N5O2/c1-27-6-10(5-25-27)13(15(29)30)7-28-8-24-14(26-28)9-2-11(16(18,19)20)4-12(3-9)17(21,22)23/h2-8H,1H3,(H,29,30)/b13-7+. The first-order valence-electron chi connectivity index (χ1n) is 8.00. The molecular formula is C17H11F6N5O2. The van der Waals surface area contributed by atoms with Crippen LogP contribution < -0.4 is 0 Å². The summed E-state index contributed by atoms with van der Waals surface area (Å²) in [7, 11) is 1.56. The van der Waals surface area contributed by atoms with Crippen molar-refractivity contribution in [1.29, 1.82) is 0 Å². The lowest BCUT2D eigenvalue weighted by Gasteiger charge is -2.13. The number of hydrogen-bond donors (Lipinski definition) is 1. The van der Waals surface area contributed by atoms with Crippen molar-refractivity contribution in [2.24, 2.45) is 7.05 Å². The van der Waals surface area contributed by atoms with Crippen LogP contribution >= 0.6 is 0 Å². The van der Waals surface area contributed by atoms with E-state index in [1.54, 1.807) is 7.05 Å². The lowest BCUT2D eigenvalue weighted by Crippen LogP contribution is -2.11. The largest absolute Gasteiger partial charge is 0.478 e. The normalized spacial score (nSPS) is 13.0. The highest BCUT2D eigenvalue weighted by atomic mass is 19.4. The molecular weight excluding hydrogens is 420 g/mol.